The van der Waals surface area contributed by atoms with Crippen LogP contribution in [0.1, 0.15) is 36.7 Å². The zero-order valence-corrected chi connectivity index (χ0v) is 15.9. The first-order chi connectivity index (χ1) is 12.7. The predicted molar refractivity (Wildman–Crippen MR) is 104 cm³/mol. The highest BCUT2D eigenvalue weighted by Crippen LogP contribution is 2.25. The van der Waals surface area contributed by atoms with E-state index in [2.05, 4.69) is 43.7 Å². The standard InChI is InChI=1S/C19H29N7/c1-3-20-18-8-9-21-19(22-18)26-12-10-25(11-13-26)14-17-15-6-4-5-7-16(15)23-24(17)2/h8-9H,3-7,10-14H2,1-2H3,(H,20,21,22). The lowest BCUT2D eigenvalue weighted by atomic mass is 9.95. The minimum Gasteiger partial charge on any atom is -0.370 e. The second-order valence-corrected chi connectivity index (χ2v) is 7.24. The molecule has 0 spiro atoms. The van der Waals surface area contributed by atoms with Crippen LogP contribution in [0.3, 0.4) is 0 Å². The molecule has 2 aliphatic rings. The molecule has 1 N–H and O–H groups in total. The van der Waals surface area contributed by atoms with Gasteiger partial charge in [-0.1, -0.05) is 0 Å². The monoisotopic (exact) mass is 355 g/mol. The van der Waals surface area contributed by atoms with Gasteiger partial charge in [0, 0.05) is 52.5 Å². The highest BCUT2D eigenvalue weighted by molar-refractivity contribution is 5.41. The molecule has 0 amide bonds. The van der Waals surface area contributed by atoms with Gasteiger partial charge in [-0.05, 0) is 44.2 Å². The molecule has 0 radical (unpaired) electrons. The largest absolute Gasteiger partial charge is 0.370 e. The molecule has 2 aromatic rings. The minimum absolute atomic E-state index is 0.834. The van der Waals surface area contributed by atoms with Gasteiger partial charge in [-0.2, -0.15) is 10.1 Å². The van der Waals surface area contributed by atoms with Crippen LogP contribution in [0, 0.1) is 0 Å². The highest BCUT2D eigenvalue weighted by atomic mass is 15.3. The summed E-state index contributed by atoms with van der Waals surface area (Å²) in [6, 6.07) is 1.93. The summed E-state index contributed by atoms with van der Waals surface area (Å²) in [7, 11) is 2.10. The molecule has 1 aliphatic heterocycles. The first-order valence-corrected chi connectivity index (χ1v) is 9.82. The Morgan fingerprint density at radius 2 is 1.92 bits per heavy atom. The van der Waals surface area contributed by atoms with Crippen molar-refractivity contribution < 1.29 is 0 Å². The summed E-state index contributed by atoms with van der Waals surface area (Å²) in [6.07, 6.45) is 6.78. The Balaban J connectivity index is 1.38. The number of nitrogens with zero attached hydrogens (tertiary/aromatic N) is 6. The fourth-order valence-electron chi connectivity index (χ4n) is 4.04. The van der Waals surface area contributed by atoms with E-state index in [0.29, 0.717) is 0 Å². The van der Waals surface area contributed by atoms with E-state index in [-0.39, 0.29) is 0 Å². The van der Waals surface area contributed by atoms with Gasteiger partial charge < -0.3 is 10.2 Å². The molecule has 1 aliphatic carbocycles. The van der Waals surface area contributed by atoms with Crippen LogP contribution in [0.5, 0.6) is 0 Å². The number of fused-ring (bicyclic) bond motifs is 1. The lowest BCUT2D eigenvalue weighted by Crippen LogP contribution is -2.46. The van der Waals surface area contributed by atoms with Gasteiger partial charge >= 0.3 is 0 Å². The number of hydrogen-bond acceptors (Lipinski definition) is 6. The van der Waals surface area contributed by atoms with Crippen molar-refractivity contribution in [3.8, 4) is 0 Å². The molecular weight excluding hydrogens is 326 g/mol. The molecular formula is C19H29N7. The Hall–Kier alpha value is -2.15. The number of hydrogen-bond donors (Lipinski definition) is 1. The molecule has 0 bridgehead atoms. The van der Waals surface area contributed by atoms with Crippen LogP contribution < -0.4 is 10.2 Å². The van der Waals surface area contributed by atoms with Crippen LogP contribution in [0.2, 0.25) is 0 Å². The maximum Gasteiger partial charge on any atom is 0.227 e. The second-order valence-electron chi connectivity index (χ2n) is 7.24. The molecule has 1 saturated heterocycles. The maximum absolute atomic E-state index is 4.76. The molecule has 4 rings (SSSR count). The number of aryl methyl sites for hydroxylation is 2. The summed E-state index contributed by atoms with van der Waals surface area (Å²) in [5, 5.41) is 8.02. The van der Waals surface area contributed by atoms with E-state index < -0.39 is 0 Å². The van der Waals surface area contributed by atoms with Crippen molar-refractivity contribution >= 4 is 11.8 Å². The van der Waals surface area contributed by atoms with E-state index in [1.165, 1.54) is 36.2 Å². The zero-order valence-electron chi connectivity index (χ0n) is 15.9. The SMILES string of the molecule is CCNc1ccnc(N2CCN(Cc3c4c(nn3C)CCCC4)CC2)n1. The predicted octanol–water partition coefficient (Wildman–Crippen LogP) is 1.84. The summed E-state index contributed by atoms with van der Waals surface area (Å²) in [5.41, 5.74) is 4.27. The van der Waals surface area contributed by atoms with Crippen molar-refractivity contribution in [2.24, 2.45) is 7.05 Å². The minimum atomic E-state index is 0.834. The first kappa shape index (κ1) is 17.3. The van der Waals surface area contributed by atoms with Crippen LogP contribution in [0.25, 0.3) is 0 Å². The smallest absolute Gasteiger partial charge is 0.227 e. The lowest BCUT2D eigenvalue weighted by Gasteiger charge is -2.35. The van der Waals surface area contributed by atoms with Crippen LogP contribution in [0.4, 0.5) is 11.8 Å². The quantitative estimate of drug-likeness (QED) is 0.883. The van der Waals surface area contributed by atoms with Gasteiger partial charge in [0.25, 0.3) is 0 Å². The van der Waals surface area contributed by atoms with Crippen LogP contribution >= 0.6 is 0 Å². The summed E-state index contributed by atoms with van der Waals surface area (Å²) < 4.78 is 2.12. The van der Waals surface area contributed by atoms with Crippen molar-refractivity contribution in [2.75, 3.05) is 42.9 Å². The molecule has 7 nitrogen and oxygen atoms in total. The maximum atomic E-state index is 4.76. The average Bonchev–Trinajstić information content (AvgIpc) is 2.98. The fraction of sp³-hybridized carbons (Fsp3) is 0.632. The third-order valence-electron chi connectivity index (χ3n) is 5.48. The van der Waals surface area contributed by atoms with Crippen molar-refractivity contribution in [1.29, 1.82) is 0 Å². The first-order valence-electron chi connectivity index (χ1n) is 9.82. The molecule has 3 heterocycles. The van der Waals surface area contributed by atoms with Gasteiger partial charge in [0.15, 0.2) is 0 Å². The van der Waals surface area contributed by atoms with Gasteiger partial charge in [0.05, 0.1) is 11.4 Å². The molecule has 26 heavy (non-hydrogen) atoms. The number of anilines is 2. The summed E-state index contributed by atoms with van der Waals surface area (Å²) in [4.78, 5) is 13.9. The lowest BCUT2D eigenvalue weighted by molar-refractivity contribution is 0.242. The van der Waals surface area contributed by atoms with E-state index in [9.17, 15) is 0 Å². The number of nitrogens with one attached hydrogen (secondary N) is 1. The fourth-order valence-corrected chi connectivity index (χ4v) is 4.04. The molecule has 0 saturated carbocycles. The third kappa shape index (κ3) is 3.53. The molecule has 2 aromatic heterocycles. The van der Waals surface area contributed by atoms with Crippen molar-refractivity contribution in [3.05, 3.63) is 29.2 Å². The van der Waals surface area contributed by atoms with Gasteiger partial charge in [0.1, 0.15) is 5.82 Å². The number of aromatic nitrogens is 4. The Labute approximate surface area is 155 Å². The zero-order chi connectivity index (χ0) is 17.9. The van der Waals surface area contributed by atoms with Crippen molar-refractivity contribution in [3.63, 3.8) is 0 Å². The van der Waals surface area contributed by atoms with Gasteiger partial charge in [-0.3, -0.25) is 9.58 Å². The third-order valence-corrected chi connectivity index (χ3v) is 5.48. The number of piperazine rings is 1. The Kier molecular flexibility index (Phi) is 5.06. The Morgan fingerprint density at radius 3 is 2.73 bits per heavy atom. The highest BCUT2D eigenvalue weighted by Gasteiger charge is 2.24. The molecule has 140 valence electrons. The Morgan fingerprint density at radius 1 is 1.12 bits per heavy atom. The Bertz CT molecular complexity index is 746. The summed E-state index contributed by atoms with van der Waals surface area (Å²) >= 11 is 0. The molecule has 0 atom stereocenters. The number of rotatable bonds is 5. The summed E-state index contributed by atoms with van der Waals surface area (Å²) in [6.45, 7) is 7.97. The average molecular weight is 355 g/mol. The normalized spacial score (nSPS) is 18.0. The van der Waals surface area contributed by atoms with Crippen LogP contribution in [-0.2, 0) is 26.4 Å². The second kappa shape index (κ2) is 7.61. The van der Waals surface area contributed by atoms with E-state index in [1.807, 2.05) is 12.3 Å². The molecule has 1 fully saturated rings. The van der Waals surface area contributed by atoms with Gasteiger partial charge in [-0.15, -0.1) is 0 Å². The van der Waals surface area contributed by atoms with Crippen molar-refractivity contribution in [1.82, 2.24) is 24.6 Å². The van der Waals surface area contributed by atoms with Gasteiger partial charge in [-0.25, -0.2) is 4.98 Å². The molecule has 0 unspecified atom stereocenters. The topological polar surface area (TPSA) is 62.1 Å². The van der Waals surface area contributed by atoms with E-state index in [1.54, 1.807) is 0 Å². The van der Waals surface area contributed by atoms with Gasteiger partial charge in [0.2, 0.25) is 5.95 Å². The van der Waals surface area contributed by atoms with Crippen LogP contribution in [0.15, 0.2) is 12.3 Å². The summed E-state index contributed by atoms with van der Waals surface area (Å²) in [5.74, 6) is 1.74. The van der Waals surface area contributed by atoms with E-state index in [4.69, 9.17) is 5.10 Å². The molecule has 7 heteroatoms. The molecule has 0 aromatic carbocycles. The van der Waals surface area contributed by atoms with E-state index >= 15 is 0 Å². The van der Waals surface area contributed by atoms with Crippen molar-refractivity contribution in [2.45, 2.75) is 39.2 Å². The van der Waals surface area contributed by atoms with E-state index in [0.717, 1.165) is 57.5 Å². The van der Waals surface area contributed by atoms with Crippen LogP contribution in [-0.4, -0.2) is 57.4 Å².